The van der Waals surface area contributed by atoms with Gasteiger partial charge in [0.1, 0.15) is 0 Å². The molecule has 4 aromatic rings. The summed E-state index contributed by atoms with van der Waals surface area (Å²) in [6.07, 6.45) is 11.1. The zero-order valence-electron chi connectivity index (χ0n) is 24.4. The first-order valence-electron chi connectivity index (χ1n) is 15.3. The van der Waals surface area contributed by atoms with Gasteiger partial charge in [-0.25, -0.2) is 0 Å². The van der Waals surface area contributed by atoms with E-state index in [-0.39, 0.29) is 0 Å². The van der Waals surface area contributed by atoms with Crippen molar-refractivity contribution in [1.82, 2.24) is 0 Å². The molecule has 0 aliphatic heterocycles. The van der Waals surface area contributed by atoms with Crippen molar-refractivity contribution < 1.29 is 0 Å². The van der Waals surface area contributed by atoms with E-state index in [9.17, 15) is 0 Å². The Balaban J connectivity index is 1.37. The first kappa shape index (κ1) is 25.5. The molecule has 200 valence electrons. The molecule has 4 aromatic carbocycles. The van der Waals surface area contributed by atoms with Crippen molar-refractivity contribution in [2.75, 3.05) is 0 Å². The fourth-order valence-corrected chi connectivity index (χ4v) is 13.0. The smallest absolute Gasteiger partial charge is 0.0675 e. The van der Waals surface area contributed by atoms with Crippen LogP contribution in [0, 0.1) is 0 Å². The molecule has 0 radical (unpaired) electrons. The third kappa shape index (κ3) is 4.01. The van der Waals surface area contributed by atoms with Crippen LogP contribution in [-0.4, -0.2) is 8.07 Å². The van der Waals surface area contributed by atoms with Gasteiger partial charge in [0, 0.05) is 5.54 Å². The second kappa shape index (κ2) is 9.89. The van der Waals surface area contributed by atoms with E-state index in [4.69, 9.17) is 0 Å². The molecule has 0 heterocycles. The number of benzene rings is 4. The van der Waals surface area contributed by atoms with Gasteiger partial charge in [0.25, 0.3) is 0 Å². The standard InChI is InChI=1S/C39H40Si/c1-5-13-29-24-35-31(27-14-8-6-9-15-27)18-12-19-33(35)39(29)40(3,4)37-21-20-32-36(37)25-30-22-26(2)23-34(30)38(32)28-16-10-7-11-17-28/h6-12,14-19,22,24-25,37,39H,5,13,20-21,23H2,1-4H3. The fourth-order valence-electron chi connectivity index (χ4n) is 8.40. The van der Waals surface area contributed by atoms with Crippen molar-refractivity contribution in [2.45, 2.75) is 70.1 Å². The maximum Gasteiger partial charge on any atom is 0.0675 e. The lowest BCUT2D eigenvalue weighted by atomic mass is 9.89. The highest BCUT2D eigenvalue weighted by molar-refractivity contribution is 6.81. The molecule has 0 saturated heterocycles. The summed E-state index contributed by atoms with van der Waals surface area (Å²) < 4.78 is 0. The van der Waals surface area contributed by atoms with Crippen LogP contribution in [0.4, 0.5) is 0 Å². The Kier molecular flexibility index (Phi) is 6.31. The topological polar surface area (TPSA) is 0 Å². The van der Waals surface area contributed by atoms with Crippen molar-refractivity contribution in [2.24, 2.45) is 0 Å². The Morgan fingerprint density at radius 3 is 2.23 bits per heavy atom. The Bertz CT molecular complexity index is 1650. The average Bonchev–Trinajstić information content (AvgIpc) is 3.67. The molecule has 0 saturated carbocycles. The van der Waals surface area contributed by atoms with Crippen LogP contribution in [0.25, 0.3) is 34.4 Å². The molecule has 0 aromatic heterocycles. The van der Waals surface area contributed by atoms with Gasteiger partial charge < -0.3 is 0 Å². The first-order chi connectivity index (χ1) is 19.5. The Morgan fingerprint density at radius 2 is 1.50 bits per heavy atom. The van der Waals surface area contributed by atoms with Gasteiger partial charge in [-0.3, -0.25) is 0 Å². The molecule has 3 aliphatic carbocycles. The van der Waals surface area contributed by atoms with Gasteiger partial charge in [0.05, 0.1) is 8.07 Å². The van der Waals surface area contributed by atoms with Crippen LogP contribution >= 0.6 is 0 Å². The largest absolute Gasteiger partial charge is 0.0683 e. The van der Waals surface area contributed by atoms with E-state index >= 15 is 0 Å². The van der Waals surface area contributed by atoms with E-state index < -0.39 is 8.07 Å². The summed E-state index contributed by atoms with van der Waals surface area (Å²) in [7, 11) is -1.83. The molecule has 40 heavy (non-hydrogen) atoms. The first-order valence-corrected chi connectivity index (χ1v) is 18.4. The van der Waals surface area contributed by atoms with Crippen LogP contribution in [0.5, 0.6) is 0 Å². The maximum absolute atomic E-state index is 2.71. The minimum absolute atomic E-state index is 0.577. The predicted molar refractivity (Wildman–Crippen MR) is 175 cm³/mol. The minimum Gasteiger partial charge on any atom is -0.0683 e. The lowest BCUT2D eigenvalue weighted by Crippen LogP contribution is -2.42. The number of rotatable bonds is 6. The van der Waals surface area contributed by atoms with Crippen molar-refractivity contribution in [3.8, 4) is 22.3 Å². The second-order valence-electron chi connectivity index (χ2n) is 12.9. The third-order valence-corrected chi connectivity index (χ3v) is 14.6. The van der Waals surface area contributed by atoms with E-state index in [1.807, 2.05) is 0 Å². The Labute approximate surface area is 241 Å². The molecule has 0 N–H and O–H groups in total. The van der Waals surface area contributed by atoms with E-state index in [2.05, 4.69) is 124 Å². The van der Waals surface area contributed by atoms with Crippen LogP contribution in [0.15, 0.2) is 96.1 Å². The summed E-state index contributed by atoms with van der Waals surface area (Å²) in [5.41, 5.74) is 19.6. The van der Waals surface area contributed by atoms with Crippen molar-refractivity contribution in [3.63, 3.8) is 0 Å². The molecule has 0 fully saturated rings. The number of allylic oxidation sites excluding steroid dienone is 2. The molecule has 0 spiro atoms. The van der Waals surface area contributed by atoms with Crippen molar-refractivity contribution in [1.29, 1.82) is 0 Å². The second-order valence-corrected chi connectivity index (χ2v) is 17.8. The minimum atomic E-state index is -1.83. The van der Waals surface area contributed by atoms with Crippen molar-refractivity contribution >= 4 is 20.2 Å². The molecule has 0 amide bonds. The Morgan fingerprint density at radius 1 is 0.775 bits per heavy atom. The van der Waals surface area contributed by atoms with E-state index in [0.29, 0.717) is 11.1 Å². The number of fused-ring (bicyclic) bond motifs is 3. The highest BCUT2D eigenvalue weighted by atomic mass is 28.3. The van der Waals surface area contributed by atoms with Gasteiger partial charge in [-0.15, -0.1) is 0 Å². The summed E-state index contributed by atoms with van der Waals surface area (Å²) in [6, 6.07) is 32.0. The Hall–Kier alpha value is -3.42. The molecular weight excluding hydrogens is 497 g/mol. The molecule has 3 aliphatic rings. The normalized spacial score (nSPS) is 19.2. The maximum atomic E-state index is 2.71. The van der Waals surface area contributed by atoms with Crippen LogP contribution < -0.4 is 0 Å². The molecular formula is C39H40Si. The van der Waals surface area contributed by atoms with E-state index in [0.717, 1.165) is 6.42 Å². The lowest BCUT2D eigenvalue weighted by molar-refractivity contribution is 0.799. The van der Waals surface area contributed by atoms with Gasteiger partial charge in [-0.05, 0) is 93.8 Å². The zero-order chi connectivity index (χ0) is 27.4. The third-order valence-electron chi connectivity index (χ3n) is 10.0. The number of hydrogen-bond donors (Lipinski definition) is 0. The van der Waals surface area contributed by atoms with Crippen LogP contribution in [-0.2, 0) is 12.8 Å². The van der Waals surface area contributed by atoms with Crippen molar-refractivity contribution in [3.05, 3.63) is 129 Å². The zero-order valence-corrected chi connectivity index (χ0v) is 25.4. The molecule has 0 bridgehead atoms. The number of hydrogen-bond acceptors (Lipinski definition) is 0. The molecule has 1 heteroatoms. The molecule has 7 rings (SSSR count). The quantitative estimate of drug-likeness (QED) is 0.215. The molecule has 2 atom stereocenters. The van der Waals surface area contributed by atoms with Crippen LogP contribution in [0.3, 0.4) is 0 Å². The molecule has 0 nitrogen and oxygen atoms in total. The summed E-state index contributed by atoms with van der Waals surface area (Å²) >= 11 is 0. The van der Waals surface area contributed by atoms with Crippen LogP contribution in [0.1, 0.15) is 77.6 Å². The van der Waals surface area contributed by atoms with Gasteiger partial charge in [-0.1, -0.05) is 135 Å². The van der Waals surface area contributed by atoms with Gasteiger partial charge in [0.15, 0.2) is 0 Å². The summed E-state index contributed by atoms with van der Waals surface area (Å²) in [4.78, 5) is 0. The lowest BCUT2D eigenvalue weighted by Gasteiger charge is -2.39. The highest BCUT2D eigenvalue weighted by Gasteiger charge is 2.47. The average molecular weight is 537 g/mol. The van der Waals surface area contributed by atoms with Gasteiger partial charge >= 0.3 is 0 Å². The fraction of sp³-hybridized carbons (Fsp3) is 0.282. The highest BCUT2D eigenvalue weighted by Crippen LogP contribution is 2.55. The van der Waals surface area contributed by atoms with Gasteiger partial charge in [-0.2, -0.15) is 0 Å². The SMILES string of the molecule is CCCC1=Cc2c(-c3ccccc3)cccc2C1[Si](C)(C)C1CCc2c1cc1c(c2-c2ccccc2)CC(C)=C1. The summed E-state index contributed by atoms with van der Waals surface area (Å²) in [5, 5.41) is 0. The summed E-state index contributed by atoms with van der Waals surface area (Å²) in [6.45, 7) is 10.1. The van der Waals surface area contributed by atoms with Crippen LogP contribution in [0.2, 0.25) is 13.1 Å². The summed E-state index contributed by atoms with van der Waals surface area (Å²) in [5.74, 6) is 0. The predicted octanol–water partition coefficient (Wildman–Crippen LogP) is 10.8. The monoisotopic (exact) mass is 536 g/mol. The van der Waals surface area contributed by atoms with Gasteiger partial charge in [0.2, 0.25) is 0 Å². The van der Waals surface area contributed by atoms with E-state index in [1.165, 1.54) is 59.1 Å². The van der Waals surface area contributed by atoms with E-state index in [1.54, 1.807) is 33.4 Å². The molecule has 2 unspecified atom stereocenters.